The van der Waals surface area contributed by atoms with Gasteiger partial charge in [0.25, 0.3) is 11.7 Å². The molecular weight excluding hydrogens is 455 g/mol. The predicted octanol–water partition coefficient (Wildman–Crippen LogP) is 5.08. The summed E-state index contributed by atoms with van der Waals surface area (Å²) >= 11 is 6.63. The van der Waals surface area contributed by atoms with Crippen LogP contribution in [0.4, 0.5) is 18.9 Å². The van der Waals surface area contributed by atoms with Gasteiger partial charge in [0.05, 0.1) is 11.4 Å². The number of benzene rings is 2. The summed E-state index contributed by atoms with van der Waals surface area (Å²) in [4.78, 5) is 24.8. The number of esters is 1. The second-order valence-electron chi connectivity index (χ2n) is 6.17. The molecule has 6 nitrogen and oxygen atoms in total. The Bertz CT molecular complexity index is 1090. The summed E-state index contributed by atoms with van der Waals surface area (Å²) in [5.41, 5.74) is 1.05. The molecule has 1 aromatic heterocycles. The Labute approximate surface area is 184 Å². The van der Waals surface area contributed by atoms with Crippen molar-refractivity contribution in [2.75, 3.05) is 11.9 Å². The van der Waals surface area contributed by atoms with Crippen molar-refractivity contribution in [2.45, 2.75) is 17.6 Å². The molecule has 2 aromatic carbocycles. The Morgan fingerprint density at radius 2 is 1.81 bits per heavy atom. The summed E-state index contributed by atoms with van der Waals surface area (Å²) in [7, 11) is 0. The maximum atomic E-state index is 13.1. The van der Waals surface area contributed by atoms with Crippen LogP contribution in [0.1, 0.15) is 16.1 Å². The monoisotopic (exact) mass is 469 g/mol. The highest BCUT2D eigenvalue weighted by Gasteiger charge is 2.23. The van der Waals surface area contributed by atoms with Crippen molar-refractivity contribution >= 4 is 40.9 Å². The van der Waals surface area contributed by atoms with Crippen LogP contribution in [0.25, 0.3) is 5.69 Å². The summed E-state index contributed by atoms with van der Waals surface area (Å²) in [5, 5.41) is 6.61. The summed E-state index contributed by atoms with van der Waals surface area (Å²) in [5.74, 6) is -4.45. The summed E-state index contributed by atoms with van der Waals surface area (Å²) in [6.45, 7) is 0.950. The van der Waals surface area contributed by atoms with E-state index in [0.29, 0.717) is 28.0 Å². The molecule has 1 N–H and O–H groups in total. The van der Waals surface area contributed by atoms with Gasteiger partial charge < -0.3 is 10.1 Å². The van der Waals surface area contributed by atoms with Crippen molar-refractivity contribution in [2.24, 2.45) is 0 Å². The largest absolute Gasteiger partial charge is 0.452 e. The van der Waals surface area contributed by atoms with Gasteiger partial charge in [-0.3, -0.25) is 4.79 Å². The Hall–Kier alpha value is -2.98. The maximum absolute atomic E-state index is 13.1. The number of nitrogens with zero attached hydrogens (tertiary/aromatic N) is 2. The number of thioether (sulfide) groups is 1. The predicted molar refractivity (Wildman–Crippen MR) is 110 cm³/mol. The van der Waals surface area contributed by atoms with Crippen LogP contribution in [0.3, 0.4) is 0 Å². The number of alkyl halides is 2. The minimum Gasteiger partial charge on any atom is -0.452 e. The molecule has 0 saturated carbocycles. The lowest BCUT2D eigenvalue weighted by Crippen LogP contribution is -2.21. The number of nitrogens with one attached hydrogen (secondary N) is 1. The van der Waals surface area contributed by atoms with E-state index < -0.39 is 30.1 Å². The molecule has 1 heterocycles. The van der Waals surface area contributed by atoms with Gasteiger partial charge in [-0.25, -0.2) is 13.9 Å². The molecule has 0 bridgehead atoms. The smallest absolute Gasteiger partial charge is 0.343 e. The van der Waals surface area contributed by atoms with Crippen molar-refractivity contribution < 1.29 is 27.5 Å². The third-order valence-corrected chi connectivity index (χ3v) is 5.05. The van der Waals surface area contributed by atoms with E-state index in [4.69, 9.17) is 16.3 Å². The first-order valence-electron chi connectivity index (χ1n) is 8.77. The van der Waals surface area contributed by atoms with Crippen molar-refractivity contribution in [1.82, 2.24) is 9.78 Å². The van der Waals surface area contributed by atoms with E-state index in [1.165, 1.54) is 53.2 Å². The number of aryl methyl sites for hydroxylation is 1. The zero-order valence-corrected chi connectivity index (χ0v) is 17.5. The lowest BCUT2D eigenvalue weighted by molar-refractivity contribution is -0.119. The van der Waals surface area contributed by atoms with Crippen LogP contribution in [0.2, 0.25) is 5.15 Å². The van der Waals surface area contributed by atoms with E-state index in [9.17, 15) is 22.8 Å². The van der Waals surface area contributed by atoms with Gasteiger partial charge in [0.1, 0.15) is 16.5 Å². The van der Waals surface area contributed by atoms with Gasteiger partial charge >= 0.3 is 5.97 Å². The van der Waals surface area contributed by atoms with E-state index in [-0.39, 0.29) is 16.4 Å². The van der Waals surface area contributed by atoms with Crippen molar-refractivity contribution in [3.05, 3.63) is 70.8 Å². The first-order chi connectivity index (χ1) is 14.7. The highest BCUT2D eigenvalue weighted by Crippen LogP contribution is 2.26. The third-order valence-electron chi connectivity index (χ3n) is 3.98. The third kappa shape index (κ3) is 5.80. The van der Waals surface area contributed by atoms with Crippen LogP contribution in [-0.2, 0) is 9.53 Å². The normalized spacial score (nSPS) is 10.9. The zero-order valence-electron chi connectivity index (χ0n) is 15.9. The quantitative estimate of drug-likeness (QED) is 0.386. The molecule has 0 unspecified atom stereocenters. The Morgan fingerprint density at radius 3 is 2.42 bits per heavy atom. The molecule has 0 aliphatic carbocycles. The van der Waals surface area contributed by atoms with Crippen molar-refractivity contribution in [1.29, 1.82) is 0 Å². The summed E-state index contributed by atoms with van der Waals surface area (Å²) in [6.07, 6.45) is 0. The van der Waals surface area contributed by atoms with E-state index in [2.05, 4.69) is 10.4 Å². The van der Waals surface area contributed by atoms with Gasteiger partial charge in [-0.15, -0.1) is 0 Å². The highest BCUT2D eigenvalue weighted by atomic mass is 35.5. The minimum atomic E-state index is -2.54. The molecular formula is C20H15ClF3N3O3S. The van der Waals surface area contributed by atoms with Crippen molar-refractivity contribution in [3.63, 3.8) is 0 Å². The average Bonchev–Trinajstić information content (AvgIpc) is 3.02. The molecule has 162 valence electrons. The van der Waals surface area contributed by atoms with E-state index in [0.717, 1.165) is 0 Å². The number of rotatable bonds is 7. The van der Waals surface area contributed by atoms with Gasteiger partial charge in [0.15, 0.2) is 6.61 Å². The molecule has 11 heteroatoms. The second-order valence-corrected chi connectivity index (χ2v) is 7.59. The molecule has 0 aliphatic rings. The van der Waals surface area contributed by atoms with Gasteiger partial charge in [0, 0.05) is 10.6 Å². The van der Waals surface area contributed by atoms with E-state index >= 15 is 0 Å². The lowest BCUT2D eigenvalue weighted by atomic mass is 10.2. The Morgan fingerprint density at radius 1 is 1.16 bits per heavy atom. The Balaban J connectivity index is 1.61. The van der Waals surface area contributed by atoms with Crippen LogP contribution in [0.15, 0.2) is 53.4 Å². The number of hydrogen-bond acceptors (Lipinski definition) is 5. The number of carbonyl (C=O) groups excluding carboxylic acids is 2. The van der Waals surface area contributed by atoms with Gasteiger partial charge in [-0.1, -0.05) is 23.4 Å². The molecule has 0 saturated heterocycles. The number of hydrogen-bond donors (Lipinski definition) is 1. The maximum Gasteiger partial charge on any atom is 0.343 e. The number of ether oxygens (including phenoxy) is 1. The molecule has 3 rings (SSSR count). The van der Waals surface area contributed by atoms with Crippen LogP contribution < -0.4 is 5.32 Å². The minimum absolute atomic E-state index is 0.0211. The number of anilines is 1. The SMILES string of the molecule is Cc1nn(-c2ccc(F)cc2)c(Cl)c1C(=O)OCC(=O)Nc1ccc(SC(F)F)cc1. The van der Waals surface area contributed by atoms with Crippen molar-refractivity contribution in [3.8, 4) is 5.69 Å². The average molecular weight is 470 g/mol. The van der Waals surface area contributed by atoms with E-state index in [1.807, 2.05) is 0 Å². The van der Waals surface area contributed by atoms with Gasteiger partial charge in [0.2, 0.25) is 0 Å². The van der Waals surface area contributed by atoms with Crippen LogP contribution in [0, 0.1) is 12.7 Å². The fourth-order valence-corrected chi connectivity index (χ4v) is 3.45. The number of halogens is 4. The fraction of sp³-hybridized carbons (Fsp3) is 0.150. The lowest BCUT2D eigenvalue weighted by Gasteiger charge is -2.08. The molecule has 0 radical (unpaired) electrons. The summed E-state index contributed by atoms with van der Waals surface area (Å²) < 4.78 is 44.0. The molecule has 3 aromatic rings. The van der Waals surface area contributed by atoms with Crippen LogP contribution >= 0.6 is 23.4 Å². The molecule has 1 amide bonds. The molecule has 0 spiro atoms. The number of amides is 1. The fourth-order valence-electron chi connectivity index (χ4n) is 2.60. The summed E-state index contributed by atoms with van der Waals surface area (Å²) in [6, 6.07) is 11.1. The highest BCUT2D eigenvalue weighted by molar-refractivity contribution is 7.99. The van der Waals surface area contributed by atoms with Crippen LogP contribution in [0.5, 0.6) is 0 Å². The zero-order chi connectivity index (χ0) is 22.5. The first-order valence-corrected chi connectivity index (χ1v) is 10.0. The topological polar surface area (TPSA) is 73.2 Å². The van der Waals surface area contributed by atoms with E-state index in [1.54, 1.807) is 6.92 Å². The second kappa shape index (κ2) is 9.88. The van der Waals surface area contributed by atoms with Gasteiger partial charge in [-0.05, 0) is 55.5 Å². The molecule has 31 heavy (non-hydrogen) atoms. The molecule has 0 atom stereocenters. The van der Waals surface area contributed by atoms with Gasteiger partial charge in [-0.2, -0.15) is 13.9 Å². The standard InChI is InChI=1S/C20H15ClF3N3O3S/c1-11-17(18(21)27(26-11)14-6-2-12(22)3-7-14)19(29)30-10-16(28)25-13-4-8-15(9-5-13)31-20(23)24/h2-9,20H,10H2,1H3,(H,25,28). The number of carbonyl (C=O) groups is 2. The van der Waals surface area contributed by atoms with Crippen LogP contribution in [-0.4, -0.2) is 34.0 Å². The number of aromatic nitrogens is 2. The Kier molecular flexibility index (Phi) is 7.24. The first kappa shape index (κ1) is 22.7. The molecule has 0 fully saturated rings. The molecule has 0 aliphatic heterocycles.